The zero-order chi connectivity index (χ0) is 16.9. The fraction of sp³-hybridized carbons (Fsp3) is 1.00. The van der Waals surface area contributed by atoms with Crippen molar-refractivity contribution in [2.24, 2.45) is 0 Å². The third-order valence-corrected chi connectivity index (χ3v) is 4.67. The highest BCUT2D eigenvalue weighted by Crippen LogP contribution is 2.38. The predicted molar refractivity (Wildman–Crippen MR) is 94.3 cm³/mol. The van der Waals surface area contributed by atoms with Gasteiger partial charge in [-0.2, -0.15) is 0 Å². The van der Waals surface area contributed by atoms with Crippen LogP contribution in [0.5, 0.6) is 0 Å². The molecule has 1 saturated heterocycles. The van der Waals surface area contributed by atoms with Gasteiger partial charge in [0.25, 0.3) is 0 Å². The Morgan fingerprint density at radius 3 is 1.73 bits per heavy atom. The van der Waals surface area contributed by atoms with Crippen LogP contribution in [-0.4, -0.2) is 30.5 Å². The Labute approximate surface area is 138 Å². The summed E-state index contributed by atoms with van der Waals surface area (Å²) in [5.74, 6) is 0. The highest BCUT2D eigenvalue weighted by Gasteiger charge is 2.50. The Balaban J connectivity index is 1.97. The van der Waals surface area contributed by atoms with E-state index < -0.39 is 0 Å². The van der Waals surface area contributed by atoms with E-state index in [4.69, 9.17) is 14.0 Å². The van der Waals surface area contributed by atoms with E-state index in [0.717, 1.165) is 12.9 Å². The minimum atomic E-state index is -0.190. The van der Waals surface area contributed by atoms with Gasteiger partial charge in [-0.25, -0.2) is 0 Å². The molecule has 0 bridgehead atoms. The van der Waals surface area contributed by atoms with Crippen LogP contribution in [0.15, 0.2) is 0 Å². The van der Waals surface area contributed by atoms with Gasteiger partial charge in [0, 0.05) is 6.61 Å². The molecule has 1 rings (SSSR count). The lowest BCUT2D eigenvalue weighted by atomic mass is 9.82. The summed E-state index contributed by atoms with van der Waals surface area (Å²) in [6.45, 7) is 15.7. The summed E-state index contributed by atoms with van der Waals surface area (Å²) in [5.41, 5.74) is -0.377. The van der Waals surface area contributed by atoms with E-state index in [1.165, 1.54) is 38.5 Å². The zero-order valence-electron chi connectivity index (χ0n) is 16.0. The molecule has 0 aromatic carbocycles. The lowest BCUT2D eigenvalue weighted by Gasteiger charge is -2.32. The van der Waals surface area contributed by atoms with Crippen molar-refractivity contribution >= 4 is 7.12 Å². The summed E-state index contributed by atoms with van der Waals surface area (Å²) in [4.78, 5) is 0. The topological polar surface area (TPSA) is 27.7 Å². The Kier molecular flexibility index (Phi) is 7.42. The maximum absolute atomic E-state index is 6.02. The number of hydrogen-bond acceptors (Lipinski definition) is 3. The minimum absolute atomic E-state index is 0.00281. The van der Waals surface area contributed by atoms with Crippen LogP contribution in [-0.2, 0) is 14.0 Å². The molecule has 0 aliphatic carbocycles. The van der Waals surface area contributed by atoms with E-state index >= 15 is 0 Å². The molecule has 0 saturated carbocycles. The molecule has 0 atom stereocenters. The second-order valence-corrected chi connectivity index (χ2v) is 8.56. The standard InChI is InChI=1S/C18H37BO3/c1-16(2,3)20-15-13-11-9-8-10-12-14-19-21-17(4,5)18(6,7)22-19/h8-15H2,1-7H3. The average Bonchev–Trinajstić information content (AvgIpc) is 2.54. The van der Waals surface area contributed by atoms with Gasteiger partial charge >= 0.3 is 7.12 Å². The molecule has 0 aromatic rings. The third kappa shape index (κ3) is 7.01. The number of rotatable bonds is 9. The quantitative estimate of drug-likeness (QED) is 0.431. The average molecular weight is 312 g/mol. The largest absolute Gasteiger partial charge is 0.457 e. The van der Waals surface area contributed by atoms with E-state index in [9.17, 15) is 0 Å². The van der Waals surface area contributed by atoms with Gasteiger partial charge in [0.2, 0.25) is 0 Å². The first-order valence-corrected chi connectivity index (χ1v) is 9.03. The molecule has 0 radical (unpaired) electrons. The molecule has 0 N–H and O–H groups in total. The van der Waals surface area contributed by atoms with Gasteiger partial charge in [-0.05, 0) is 61.2 Å². The van der Waals surface area contributed by atoms with Gasteiger partial charge in [-0.15, -0.1) is 0 Å². The van der Waals surface area contributed by atoms with Crippen molar-refractivity contribution < 1.29 is 14.0 Å². The van der Waals surface area contributed by atoms with E-state index in [2.05, 4.69) is 48.5 Å². The van der Waals surface area contributed by atoms with Crippen LogP contribution in [0.1, 0.15) is 87.0 Å². The van der Waals surface area contributed by atoms with Crippen molar-refractivity contribution in [2.45, 2.75) is 110 Å². The van der Waals surface area contributed by atoms with Crippen LogP contribution >= 0.6 is 0 Å². The molecule has 1 aliphatic heterocycles. The lowest BCUT2D eigenvalue weighted by Crippen LogP contribution is -2.41. The SMILES string of the molecule is CC(C)(C)OCCCCCCCCB1OC(C)(C)C(C)(C)O1. The monoisotopic (exact) mass is 312 g/mol. The third-order valence-electron chi connectivity index (χ3n) is 4.67. The van der Waals surface area contributed by atoms with Gasteiger partial charge in [-0.1, -0.05) is 32.1 Å². The summed E-state index contributed by atoms with van der Waals surface area (Å²) < 4.78 is 17.8. The van der Waals surface area contributed by atoms with Crippen molar-refractivity contribution in [3.63, 3.8) is 0 Å². The first kappa shape index (κ1) is 20.0. The maximum atomic E-state index is 6.02. The molecule has 0 amide bonds. The van der Waals surface area contributed by atoms with Gasteiger partial charge in [0.05, 0.1) is 16.8 Å². The van der Waals surface area contributed by atoms with Gasteiger partial charge in [-0.3, -0.25) is 0 Å². The van der Waals surface area contributed by atoms with Crippen molar-refractivity contribution in [2.75, 3.05) is 6.61 Å². The molecule has 1 heterocycles. The smallest absolute Gasteiger partial charge is 0.403 e. The summed E-state index contributed by atoms with van der Waals surface area (Å²) in [6.07, 6.45) is 8.52. The van der Waals surface area contributed by atoms with E-state index in [0.29, 0.717) is 0 Å². The molecule has 4 heteroatoms. The summed E-state index contributed by atoms with van der Waals surface area (Å²) >= 11 is 0. The number of hydrogen-bond donors (Lipinski definition) is 0. The normalized spacial score (nSPS) is 20.6. The van der Waals surface area contributed by atoms with E-state index in [1.54, 1.807) is 0 Å². The van der Waals surface area contributed by atoms with Crippen molar-refractivity contribution in [1.82, 2.24) is 0 Å². The molecular formula is C18H37BO3. The number of ether oxygens (including phenoxy) is 1. The Bertz CT molecular complexity index is 305. The van der Waals surface area contributed by atoms with Gasteiger partial charge in [0.1, 0.15) is 0 Å². The second kappa shape index (κ2) is 8.16. The summed E-state index contributed by atoms with van der Waals surface area (Å²) in [5, 5.41) is 0. The predicted octanol–water partition coefficient (Wildman–Crippen LogP) is 5.23. The molecule has 1 fully saturated rings. The Hall–Kier alpha value is -0.0551. The molecule has 22 heavy (non-hydrogen) atoms. The first-order chi connectivity index (χ1) is 10.0. The fourth-order valence-corrected chi connectivity index (χ4v) is 2.58. The summed E-state index contributed by atoms with van der Waals surface area (Å²) in [7, 11) is -0.0230. The van der Waals surface area contributed by atoms with Crippen LogP contribution in [0.4, 0.5) is 0 Å². The van der Waals surface area contributed by atoms with Crippen LogP contribution in [0.3, 0.4) is 0 Å². The molecule has 0 aromatic heterocycles. The highest BCUT2D eigenvalue weighted by molar-refractivity contribution is 6.45. The van der Waals surface area contributed by atoms with Crippen LogP contribution in [0, 0.1) is 0 Å². The van der Waals surface area contributed by atoms with Crippen LogP contribution in [0.2, 0.25) is 6.32 Å². The number of unbranched alkanes of at least 4 members (excludes halogenated alkanes) is 5. The molecule has 130 valence electrons. The molecule has 0 spiro atoms. The van der Waals surface area contributed by atoms with E-state index in [1.807, 2.05) is 0 Å². The van der Waals surface area contributed by atoms with Gasteiger partial charge in [0.15, 0.2) is 0 Å². The molecule has 0 unspecified atom stereocenters. The zero-order valence-corrected chi connectivity index (χ0v) is 16.0. The maximum Gasteiger partial charge on any atom is 0.457 e. The second-order valence-electron chi connectivity index (χ2n) is 8.56. The van der Waals surface area contributed by atoms with Crippen LogP contribution in [0.25, 0.3) is 0 Å². The van der Waals surface area contributed by atoms with Gasteiger partial charge < -0.3 is 14.0 Å². The highest BCUT2D eigenvalue weighted by atomic mass is 16.7. The van der Waals surface area contributed by atoms with Crippen LogP contribution < -0.4 is 0 Å². The van der Waals surface area contributed by atoms with Crippen molar-refractivity contribution in [3.05, 3.63) is 0 Å². The Morgan fingerprint density at radius 2 is 1.23 bits per heavy atom. The first-order valence-electron chi connectivity index (χ1n) is 9.03. The van der Waals surface area contributed by atoms with Crippen molar-refractivity contribution in [3.8, 4) is 0 Å². The van der Waals surface area contributed by atoms with Crippen molar-refractivity contribution in [1.29, 1.82) is 0 Å². The minimum Gasteiger partial charge on any atom is -0.403 e. The summed E-state index contributed by atoms with van der Waals surface area (Å²) in [6, 6.07) is 0. The molecular weight excluding hydrogens is 275 g/mol. The van der Waals surface area contributed by atoms with E-state index in [-0.39, 0.29) is 23.9 Å². The lowest BCUT2D eigenvalue weighted by molar-refractivity contribution is -0.00474. The Morgan fingerprint density at radius 1 is 0.773 bits per heavy atom. The molecule has 1 aliphatic rings. The fourth-order valence-electron chi connectivity index (χ4n) is 2.58. The molecule has 3 nitrogen and oxygen atoms in total.